The van der Waals surface area contributed by atoms with Crippen molar-refractivity contribution in [3.05, 3.63) is 28.5 Å². The van der Waals surface area contributed by atoms with Crippen LogP contribution >= 0.6 is 15.9 Å². The summed E-state index contributed by atoms with van der Waals surface area (Å²) in [6.07, 6.45) is 0.859. The molecule has 1 saturated heterocycles. The van der Waals surface area contributed by atoms with Gasteiger partial charge in [-0.15, -0.1) is 0 Å². The number of carbonyl (C=O) groups is 2. The van der Waals surface area contributed by atoms with Crippen molar-refractivity contribution >= 4 is 33.4 Å². The molecule has 90 valence electrons. The summed E-state index contributed by atoms with van der Waals surface area (Å²) in [5.74, 6) is -0.794. The molecule has 4 nitrogen and oxygen atoms in total. The van der Waals surface area contributed by atoms with E-state index in [1.807, 2.05) is 0 Å². The summed E-state index contributed by atoms with van der Waals surface area (Å²) < 4.78 is 13.3. The normalized spacial score (nSPS) is 18.9. The van der Waals surface area contributed by atoms with Crippen LogP contribution in [0.4, 0.5) is 10.1 Å². The van der Waals surface area contributed by atoms with Gasteiger partial charge in [0, 0.05) is 12.1 Å². The van der Waals surface area contributed by atoms with Crippen molar-refractivity contribution in [2.45, 2.75) is 18.9 Å². The quantitative estimate of drug-likeness (QED) is 0.875. The highest BCUT2D eigenvalue weighted by molar-refractivity contribution is 9.10. The van der Waals surface area contributed by atoms with Crippen LogP contribution in [0.3, 0.4) is 0 Å². The van der Waals surface area contributed by atoms with E-state index in [0.717, 1.165) is 0 Å². The maximum atomic E-state index is 13.0. The fourth-order valence-corrected chi connectivity index (χ4v) is 1.99. The third-order valence-corrected chi connectivity index (χ3v) is 3.11. The number of rotatable bonds is 2. The summed E-state index contributed by atoms with van der Waals surface area (Å²) in [5.41, 5.74) is 0.490. The fraction of sp³-hybridized carbons (Fsp3) is 0.273. The molecule has 0 aliphatic carbocycles. The fourth-order valence-electron chi connectivity index (χ4n) is 1.61. The van der Waals surface area contributed by atoms with E-state index >= 15 is 0 Å². The molecule has 1 aromatic carbocycles. The number of nitrogens with one attached hydrogen (secondary N) is 2. The Morgan fingerprint density at radius 1 is 1.53 bits per heavy atom. The van der Waals surface area contributed by atoms with Gasteiger partial charge < -0.3 is 10.6 Å². The van der Waals surface area contributed by atoms with Crippen molar-refractivity contribution in [2.24, 2.45) is 0 Å². The number of halogens is 2. The Kier molecular flexibility index (Phi) is 3.42. The first kappa shape index (κ1) is 12.0. The number of amides is 2. The maximum Gasteiger partial charge on any atom is 0.246 e. The molecule has 0 saturated carbocycles. The van der Waals surface area contributed by atoms with Crippen LogP contribution in [-0.2, 0) is 9.59 Å². The summed E-state index contributed by atoms with van der Waals surface area (Å²) >= 11 is 3.03. The predicted octanol–water partition coefficient (Wildman–Crippen LogP) is 1.81. The molecular weight excluding hydrogens is 291 g/mol. The van der Waals surface area contributed by atoms with Gasteiger partial charge in [0.25, 0.3) is 0 Å². The van der Waals surface area contributed by atoms with E-state index in [1.54, 1.807) is 0 Å². The lowest BCUT2D eigenvalue weighted by Gasteiger charge is -2.11. The van der Waals surface area contributed by atoms with Gasteiger partial charge in [0.1, 0.15) is 11.9 Å². The molecule has 1 aromatic rings. The van der Waals surface area contributed by atoms with Crippen molar-refractivity contribution in [3.63, 3.8) is 0 Å². The third-order valence-electron chi connectivity index (χ3n) is 2.50. The van der Waals surface area contributed by atoms with Crippen LogP contribution in [0.1, 0.15) is 12.8 Å². The predicted molar refractivity (Wildman–Crippen MR) is 63.9 cm³/mol. The minimum absolute atomic E-state index is 0.120. The zero-order valence-corrected chi connectivity index (χ0v) is 10.4. The van der Waals surface area contributed by atoms with Gasteiger partial charge in [0.15, 0.2) is 0 Å². The zero-order chi connectivity index (χ0) is 12.4. The van der Waals surface area contributed by atoms with Crippen LogP contribution in [0, 0.1) is 5.82 Å². The summed E-state index contributed by atoms with van der Waals surface area (Å²) in [5, 5.41) is 5.19. The van der Waals surface area contributed by atoms with E-state index < -0.39 is 11.9 Å². The molecule has 1 aliphatic rings. The number of carbonyl (C=O) groups excluding carboxylic acids is 2. The summed E-state index contributed by atoms with van der Waals surface area (Å²) in [4.78, 5) is 22.7. The van der Waals surface area contributed by atoms with Crippen molar-refractivity contribution in [2.75, 3.05) is 5.32 Å². The highest BCUT2D eigenvalue weighted by Gasteiger charge is 2.27. The maximum absolute atomic E-state index is 13.0. The number of benzene rings is 1. The number of anilines is 1. The average molecular weight is 301 g/mol. The lowest BCUT2D eigenvalue weighted by Crippen LogP contribution is -2.37. The lowest BCUT2D eigenvalue weighted by molar-refractivity contribution is -0.122. The van der Waals surface area contributed by atoms with E-state index in [0.29, 0.717) is 18.5 Å². The largest absolute Gasteiger partial charge is 0.344 e. The minimum Gasteiger partial charge on any atom is -0.344 e. The Labute approximate surface area is 106 Å². The molecule has 2 rings (SSSR count). The number of hydrogen-bond donors (Lipinski definition) is 2. The second-order valence-electron chi connectivity index (χ2n) is 3.78. The highest BCUT2D eigenvalue weighted by atomic mass is 79.9. The zero-order valence-electron chi connectivity index (χ0n) is 8.80. The molecule has 0 aromatic heterocycles. The monoisotopic (exact) mass is 300 g/mol. The van der Waals surface area contributed by atoms with Gasteiger partial charge in [-0.25, -0.2) is 4.39 Å². The van der Waals surface area contributed by atoms with Crippen LogP contribution in [-0.4, -0.2) is 17.9 Å². The van der Waals surface area contributed by atoms with Gasteiger partial charge in [0.2, 0.25) is 11.8 Å². The Hall–Kier alpha value is -1.43. The SMILES string of the molecule is O=C1CC[C@@H](C(=O)Nc2ccc(F)c(Br)c2)N1. The Balaban J connectivity index is 2.03. The standard InChI is InChI=1S/C11H10BrFN2O2/c12-7-5-6(1-2-8(7)13)14-11(17)9-3-4-10(16)15-9/h1-2,5,9H,3-4H2,(H,14,17)(H,15,16)/t9-/m0/s1. The summed E-state index contributed by atoms with van der Waals surface area (Å²) in [6.45, 7) is 0. The third kappa shape index (κ3) is 2.82. The molecule has 2 N–H and O–H groups in total. The summed E-state index contributed by atoms with van der Waals surface area (Å²) in [6, 6.07) is 3.71. The van der Waals surface area contributed by atoms with Crippen LogP contribution in [0.5, 0.6) is 0 Å². The van der Waals surface area contributed by atoms with Crippen molar-refractivity contribution in [1.82, 2.24) is 5.32 Å². The molecule has 0 unspecified atom stereocenters. The summed E-state index contributed by atoms with van der Waals surface area (Å²) in [7, 11) is 0. The van der Waals surface area contributed by atoms with E-state index in [2.05, 4.69) is 26.6 Å². The van der Waals surface area contributed by atoms with E-state index in [9.17, 15) is 14.0 Å². The minimum atomic E-state index is -0.494. The van der Waals surface area contributed by atoms with E-state index in [-0.39, 0.29) is 16.3 Å². The molecular formula is C11H10BrFN2O2. The van der Waals surface area contributed by atoms with Gasteiger partial charge in [-0.05, 0) is 40.5 Å². The van der Waals surface area contributed by atoms with Crippen LogP contribution in [0.15, 0.2) is 22.7 Å². The Morgan fingerprint density at radius 2 is 2.29 bits per heavy atom. The van der Waals surface area contributed by atoms with Gasteiger partial charge >= 0.3 is 0 Å². The Morgan fingerprint density at radius 3 is 2.88 bits per heavy atom. The lowest BCUT2D eigenvalue weighted by atomic mass is 10.2. The molecule has 1 atom stereocenters. The second-order valence-corrected chi connectivity index (χ2v) is 4.63. The van der Waals surface area contributed by atoms with Crippen LogP contribution in [0.2, 0.25) is 0 Å². The van der Waals surface area contributed by atoms with Gasteiger partial charge in [-0.1, -0.05) is 0 Å². The molecule has 17 heavy (non-hydrogen) atoms. The molecule has 0 bridgehead atoms. The smallest absolute Gasteiger partial charge is 0.246 e. The highest BCUT2D eigenvalue weighted by Crippen LogP contribution is 2.20. The van der Waals surface area contributed by atoms with Gasteiger partial charge in [0.05, 0.1) is 4.47 Å². The molecule has 1 fully saturated rings. The van der Waals surface area contributed by atoms with Crippen molar-refractivity contribution in [1.29, 1.82) is 0 Å². The second kappa shape index (κ2) is 4.83. The molecule has 0 radical (unpaired) electrons. The van der Waals surface area contributed by atoms with E-state index in [1.165, 1.54) is 18.2 Å². The van der Waals surface area contributed by atoms with Crippen molar-refractivity contribution < 1.29 is 14.0 Å². The van der Waals surface area contributed by atoms with Gasteiger partial charge in [-0.2, -0.15) is 0 Å². The molecule has 2 amide bonds. The van der Waals surface area contributed by atoms with Gasteiger partial charge in [-0.3, -0.25) is 9.59 Å². The molecule has 0 spiro atoms. The Bertz CT molecular complexity index is 479. The van der Waals surface area contributed by atoms with Crippen molar-refractivity contribution in [3.8, 4) is 0 Å². The molecule has 6 heteroatoms. The van der Waals surface area contributed by atoms with E-state index in [4.69, 9.17) is 0 Å². The topological polar surface area (TPSA) is 58.2 Å². The average Bonchev–Trinajstić information content (AvgIpc) is 2.70. The number of hydrogen-bond acceptors (Lipinski definition) is 2. The van der Waals surface area contributed by atoms with Crippen LogP contribution in [0.25, 0.3) is 0 Å². The van der Waals surface area contributed by atoms with Crippen LogP contribution < -0.4 is 10.6 Å². The molecule has 1 heterocycles. The molecule has 1 aliphatic heterocycles. The first-order valence-corrected chi connectivity index (χ1v) is 5.91. The first-order chi connectivity index (χ1) is 8.06. The first-order valence-electron chi connectivity index (χ1n) is 5.11.